The highest BCUT2D eigenvalue weighted by Gasteiger charge is 2.13. The van der Waals surface area contributed by atoms with Gasteiger partial charge in [-0.15, -0.1) is 0 Å². The van der Waals surface area contributed by atoms with Gasteiger partial charge in [-0.25, -0.2) is 0 Å². The van der Waals surface area contributed by atoms with E-state index in [9.17, 15) is 0 Å². The molecular weight excluding hydrogens is 254 g/mol. The predicted octanol–water partition coefficient (Wildman–Crippen LogP) is 3.91. The molecule has 0 aliphatic heterocycles. The van der Waals surface area contributed by atoms with Gasteiger partial charge >= 0.3 is 0 Å². The van der Waals surface area contributed by atoms with E-state index in [-0.39, 0.29) is 5.92 Å². The van der Waals surface area contributed by atoms with Crippen LogP contribution in [-0.2, 0) is 0 Å². The molecular formula is C13H18ClNOS. The van der Waals surface area contributed by atoms with Crippen LogP contribution in [-0.4, -0.2) is 11.6 Å². The summed E-state index contributed by atoms with van der Waals surface area (Å²) in [4.78, 5) is 0.513. The molecule has 0 saturated carbocycles. The van der Waals surface area contributed by atoms with E-state index in [1.165, 1.54) is 0 Å². The van der Waals surface area contributed by atoms with Crippen LogP contribution in [0.4, 0.5) is 0 Å². The van der Waals surface area contributed by atoms with Crippen molar-refractivity contribution in [3.8, 4) is 5.75 Å². The first-order valence-electron chi connectivity index (χ1n) is 5.75. The van der Waals surface area contributed by atoms with Crippen LogP contribution >= 0.6 is 23.8 Å². The topological polar surface area (TPSA) is 35.2 Å². The number of halogens is 1. The zero-order valence-corrected chi connectivity index (χ0v) is 11.8. The van der Waals surface area contributed by atoms with Crippen LogP contribution in [0.5, 0.6) is 5.75 Å². The minimum atomic E-state index is 0.220. The van der Waals surface area contributed by atoms with E-state index in [0.717, 1.165) is 17.7 Å². The monoisotopic (exact) mass is 271 g/mol. The number of rotatable bonds is 6. The Balaban J connectivity index is 2.93. The molecule has 0 radical (unpaired) electrons. The molecule has 0 spiro atoms. The minimum Gasteiger partial charge on any atom is -0.493 e. The molecule has 0 aliphatic rings. The number of hydrogen-bond donors (Lipinski definition) is 1. The summed E-state index contributed by atoms with van der Waals surface area (Å²) in [6.45, 7) is 4.85. The lowest BCUT2D eigenvalue weighted by Gasteiger charge is -2.16. The molecule has 4 heteroatoms. The molecule has 0 bridgehead atoms. The van der Waals surface area contributed by atoms with Crippen LogP contribution < -0.4 is 10.5 Å². The van der Waals surface area contributed by atoms with Crippen molar-refractivity contribution in [3.05, 3.63) is 28.8 Å². The fourth-order valence-corrected chi connectivity index (χ4v) is 2.09. The molecule has 0 amide bonds. The summed E-state index contributed by atoms with van der Waals surface area (Å²) in [6.07, 6.45) is 1.64. The second-order valence-electron chi connectivity index (χ2n) is 4.10. The van der Waals surface area contributed by atoms with Gasteiger partial charge < -0.3 is 10.5 Å². The predicted molar refractivity (Wildman–Crippen MR) is 77.1 cm³/mol. The maximum atomic E-state index is 6.01. The van der Waals surface area contributed by atoms with Crippen molar-refractivity contribution in [2.75, 3.05) is 6.61 Å². The van der Waals surface area contributed by atoms with Crippen molar-refractivity contribution >= 4 is 28.8 Å². The summed E-state index contributed by atoms with van der Waals surface area (Å²) in [5.74, 6) is 1.10. The number of nitrogens with two attached hydrogens (primary N) is 1. The van der Waals surface area contributed by atoms with Crippen LogP contribution in [0.3, 0.4) is 0 Å². The van der Waals surface area contributed by atoms with Gasteiger partial charge in [0.05, 0.1) is 11.6 Å². The van der Waals surface area contributed by atoms with Gasteiger partial charge in [0.25, 0.3) is 0 Å². The van der Waals surface area contributed by atoms with Crippen LogP contribution in [0.25, 0.3) is 0 Å². The van der Waals surface area contributed by atoms with E-state index in [1.807, 2.05) is 18.2 Å². The first-order valence-corrected chi connectivity index (χ1v) is 6.53. The third kappa shape index (κ3) is 4.52. The highest BCUT2D eigenvalue weighted by Crippen LogP contribution is 2.31. The second-order valence-corrected chi connectivity index (χ2v) is 5.06. The number of ether oxygens (including phenoxy) is 1. The second kappa shape index (κ2) is 6.82. The van der Waals surface area contributed by atoms with Gasteiger partial charge in [0.15, 0.2) is 0 Å². The summed E-state index contributed by atoms with van der Waals surface area (Å²) in [5.41, 5.74) is 6.64. The highest BCUT2D eigenvalue weighted by atomic mass is 35.5. The van der Waals surface area contributed by atoms with Crippen LogP contribution in [0.2, 0.25) is 5.02 Å². The van der Waals surface area contributed by atoms with E-state index in [0.29, 0.717) is 23.0 Å². The maximum absolute atomic E-state index is 6.01. The zero-order valence-electron chi connectivity index (χ0n) is 10.2. The first-order chi connectivity index (χ1) is 8.04. The molecule has 0 aliphatic carbocycles. The smallest absolute Gasteiger partial charge is 0.122 e. The number of hydrogen-bond acceptors (Lipinski definition) is 2. The highest BCUT2D eigenvalue weighted by molar-refractivity contribution is 7.80. The Bertz CT molecular complexity index is 395. The van der Waals surface area contributed by atoms with Crippen LogP contribution in [0.15, 0.2) is 18.2 Å². The molecule has 0 fully saturated rings. The number of thiocarbonyl (C=S) groups is 1. The summed E-state index contributed by atoms with van der Waals surface area (Å²) >= 11 is 11.0. The average molecular weight is 272 g/mol. The quantitative estimate of drug-likeness (QED) is 0.797. The third-order valence-electron chi connectivity index (χ3n) is 2.47. The van der Waals surface area contributed by atoms with Crippen molar-refractivity contribution < 1.29 is 4.74 Å². The van der Waals surface area contributed by atoms with E-state index < -0.39 is 0 Å². The fourth-order valence-electron chi connectivity index (χ4n) is 1.66. The lowest BCUT2D eigenvalue weighted by Crippen LogP contribution is -2.12. The van der Waals surface area contributed by atoms with Gasteiger partial charge in [-0.2, -0.15) is 0 Å². The molecule has 94 valence electrons. The standard InChI is InChI=1S/C13H18ClNOS/c1-3-6-16-12-5-4-10(14)8-11(12)9(2)7-13(15)17/h4-5,8-9H,3,6-7H2,1-2H3,(H2,15,17). The van der Waals surface area contributed by atoms with Crippen LogP contribution in [0, 0.1) is 0 Å². The van der Waals surface area contributed by atoms with E-state index in [4.69, 9.17) is 34.3 Å². The van der Waals surface area contributed by atoms with Gasteiger partial charge in [0, 0.05) is 11.4 Å². The normalized spacial score (nSPS) is 12.2. The lowest BCUT2D eigenvalue weighted by atomic mass is 9.97. The van der Waals surface area contributed by atoms with E-state index in [1.54, 1.807) is 0 Å². The van der Waals surface area contributed by atoms with Crippen LogP contribution in [0.1, 0.15) is 38.2 Å². The Morgan fingerprint density at radius 1 is 1.53 bits per heavy atom. The zero-order chi connectivity index (χ0) is 12.8. The molecule has 1 atom stereocenters. The summed E-state index contributed by atoms with van der Waals surface area (Å²) < 4.78 is 5.70. The van der Waals surface area contributed by atoms with E-state index in [2.05, 4.69) is 13.8 Å². The summed E-state index contributed by atoms with van der Waals surface area (Å²) in [6, 6.07) is 5.67. The minimum absolute atomic E-state index is 0.220. The molecule has 1 aromatic carbocycles. The Hall–Kier alpha value is -0.800. The van der Waals surface area contributed by atoms with Crippen molar-refractivity contribution in [2.24, 2.45) is 5.73 Å². The summed E-state index contributed by atoms with van der Waals surface area (Å²) in [5, 5.41) is 0.707. The summed E-state index contributed by atoms with van der Waals surface area (Å²) in [7, 11) is 0. The van der Waals surface area contributed by atoms with Crippen molar-refractivity contribution in [3.63, 3.8) is 0 Å². The molecule has 2 N–H and O–H groups in total. The molecule has 1 unspecified atom stereocenters. The third-order valence-corrected chi connectivity index (χ3v) is 2.87. The number of benzene rings is 1. The maximum Gasteiger partial charge on any atom is 0.122 e. The van der Waals surface area contributed by atoms with Gasteiger partial charge in [-0.05, 0) is 36.1 Å². The molecule has 1 rings (SSSR count). The van der Waals surface area contributed by atoms with Crippen molar-refractivity contribution in [2.45, 2.75) is 32.6 Å². The Morgan fingerprint density at radius 2 is 2.24 bits per heavy atom. The molecule has 0 aromatic heterocycles. The molecule has 2 nitrogen and oxygen atoms in total. The average Bonchev–Trinajstić information content (AvgIpc) is 2.26. The van der Waals surface area contributed by atoms with Crippen molar-refractivity contribution in [1.82, 2.24) is 0 Å². The molecule has 1 aromatic rings. The van der Waals surface area contributed by atoms with Gasteiger partial charge in [-0.1, -0.05) is 37.7 Å². The molecule has 0 heterocycles. The SMILES string of the molecule is CCCOc1ccc(Cl)cc1C(C)CC(N)=S. The van der Waals surface area contributed by atoms with Gasteiger partial charge in [0.2, 0.25) is 0 Å². The Kier molecular flexibility index (Phi) is 5.72. The van der Waals surface area contributed by atoms with Crippen molar-refractivity contribution in [1.29, 1.82) is 0 Å². The fraction of sp³-hybridized carbons (Fsp3) is 0.462. The molecule has 17 heavy (non-hydrogen) atoms. The Morgan fingerprint density at radius 3 is 2.82 bits per heavy atom. The van der Waals surface area contributed by atoms with Gasteiger partial charge in [0.1, 0.15) is 5.75 Å². The Labute approximate surface area is 113 Å². The largest absolute Gasteiger partial charge is 0.493 e. The molecule has 0 saturated heterocycles. The van der Waals surface area contributed by atoms with Gasteiger partial charge in [-0.3, -0.25) is 0 Å². The van der Waals surface area contributed by atoms with E-state index >= 15 is 0 Å². The first kappa shape index (κ1) is 14.3. The lowest BCUT2D eigenvalue weighted by molar-refractivity contribution is 0.312.